The lowest BCUT2D eigenvalue weighted by molar-refractivity contribution is 0.0406. The lowest BCUT2D eigenvalue weighted by Gasteiger charge is -2.32. The zero-order valence-corrected chi connectivity index (χ0v) is 11.8. The van der Waals surface area contributed by atoms with Gasteiger partial charge in [-0.3, -0.25) is 4.90 Å². The van der Waals surface area contributed by atoms with Crippen LogP contribution in [0.15, 0.2) is 18.2 Å². The Labute approximate surface area is 115 Å². The molecule has 1 aromatic rings. The molecule has 3 rings (SSSR count). The molecule has 0 aliphatic carbocycles. The van der Waals surface area contributed by atoms with Crippen LogP contribution in [0.5, 0.6) is 0 Å². The number of hydrogen-bond acceptors (Lipinski definition) is 3. The van der Waals surface area contributed by atoms with E-state index in [9.17, 15) is 0 Å². The molecule has 3 nitrogen and oxygen atoms in total. The van der Waals surface area contributed by atoms with Crippen LogP contribution in [-0.4, -0.2) is 37.7 Å². The summed E-state index contributed by atoms with van der Waals surface area (Å²) in [6.45, 7) is 4.02. The first-order valence-electron chi connectivity index (χ1n) is 7.47. The van der Waals surface area contributed by atoms with Gasteiger partial charge in [-0.15, -0.1) is 0 Å². The third-order valence-corrected chi connectivity index (χ3v) is 4.43. The molecule has 0 saturated carbocycles. The number of nitrogens with zero attached hydrogens (tertiary/aromatic N) is 1. The van der Waals surface area contributed by atoms with Gasteiger partial charge in [0.15, 0.2) is 0 Å². The Bertz CT molecular complexity index is 427. The number of benzene rings is 1. The van der Waals surface area contributed by atoms with Gasteiger partial charge >= 0.3 is 0 Å². The first-order chi connectivity index (χ1) is 9.34. The Morgan fingerprint density at radius 1 is 1.32 bits per heavy atom. The molecule has 1 fully saturated rings. The summed E-state index contributed by atoms with van der Waals surface area (Å²) in [5, 5.41) is 3.52. The number of rotatable bonds is 3. The van der Waals surface area contributed by atoms with Crippen LogP contribution in [0.2, 0.25) is 0 Å². The van der Waals surface area contributed by atoms with E-state index in [1.807, 2.05) is 0 Å². The fourth-order valence-electron chi connectivity index (χ4n) is 3.26. The van der Waals surface area contributed by atoms with E-state index in [0.717, 1.165) is 26.3 Å². The zero-order valence-electron chi connectivity index (χ0n) is 11.8. The van der Waals surface area contributed by atoms with Crippen molar-refractivity contribution in [2.45, 2.75) is 38.3 Å². The maximum atomic E-state index is 5.45. The quantitative estimate of drug-likeness (QED) is 0.904. The van der Waals surface area contributed by atoms with E-state index in [4.69, 9.17) is 4.74 Å². The normalized spacial score (nSPS) is 20.1. The topological polar surface area (TPSA) is 24.5 Å². The molecule has 2 aliphatic heterocycles. The maximum Gasteiger partial charge on any atom is 0.0480 e. The van der Waals surface area contributed by atoms with E-state index in [-0.39, 0.29) is 0 Å². The highest BCUT2D eigenvalue weighted by molar-refractivity contribution is 5.56. The molecule has 1 saturated heterocycles. The van der Waals surface area contributed by atoms with Crippen molar-refractivity contribution in [3.05, 3.63) is 29.3 Å². The number of hydrogen-bond donors (Lipinski definition) is 1. The first kappa shape index (κ1) is 12.9. The van der Waals surface area contributed by atoms with Crippen LogP contribution in [0.3, 0.4) is 0 Å². The second-order valence-corrected chi connectivity index (χ2v) is 5.73. The average Bonchev–Trinajstić information content (AvgIpc) is 2.48. The second-order valence-electron chi connectivity index (χ2n) is 5.73. The van der Waals surface area contributed by atoms with Crippen molar-refractivity contribution in [2.24, 2.45) is 0 Å². The summed E-state index contributed by atoms with van der Waals surface area (Å²) < 4.78 is 5.45. The van der Waals surface area contributed by atoms with Crippen LogP contribution in [0.4, 0.5) is 5.69 Å². The van der Waals surface area contributed by atoms with Crippen molar-refractivity contribution in [3.8, 4) is 0 Å². The van der Waals surface area contributed by atoms with E-state index in [2.05, 4.69) is 35.5 Å². The zero-order chi connectivity index (χ0) is 13.1. The number of nitrogens with one attached hydrogen (secondary N) is 1. The van der Waals surface area contributed by atoms with Gasteiger partial charge in [-0.2, -0.15) is 0 Å². The van der Waals surface area contributed by atoms with Gasteiger partial charge in [0.05, 0.1) is 0 Å². The van der Waals surface area contributed by atoms with Gasteiger partial charge < -0.3 is 10.1 Å². The van der Waals surface area contributed by atoms with Gasteiger partial charge in [0.25, 0.3) is 0 Å². The van der Waals surface area contributed by atoms with E-state index in [1.54, 1.807) is 0 Å². The molecular formula is C16H24N2O. The molecule has 0 amide bonds. The van der Waals surface area contributed by atoms with Crippen molar-refractivity contribution >= 4 is 5.69 Å². The summed E-state index contributed by atoms with van der Waals surface area (Å²) in [5.74, 6) is 0. The molecule has 1 aromatic carbocycles. The molecule has 3 heteroatoms. The summed E-state index contributed by atoms with van der Waals surface area (Å²) in [6.07, 6.45) is 4.82. The standard InChI is InChI=1S/C16H24N2O/c1-18(14-7-10-19-11-8-14)12-13-4-2-6-16-15(13)5-3-9-17-16/h2,4,6,14,17H,3,5,7-12H2,1H3. The van der Waals surface area contributed by atoms with Gasteiger partial charge in [-0.1, -0.05) is 12.1 Å². The van der Waals surface area contributed by atoms with E-state index >= 15 is 0 Å². The first-order valence-corrected chi connectivity index (χ1v) is 7.47. The Balaban J connectivity index is 1.72. The summed E-state index contributed by atoms with van der Waals surface area (Å²) in [7, 11) is 2.26. The second kappa shape index (κ2) is 5.93. The Morgan fingerprint density at radius 3 is 3.00 bits per heavy atom. The van der Waals surface area contributed by atoms with Crippen molar-refractivity contribution in [1.29, 1.82) is 0 Å². The molecule has 2 heterocycles. The highest BCUT2D eigenvalue weighted by Crippen LogP contribution is 2.27. The lowest BCUT2D eigenvalue weighted by atomic mass is 9.96. The molecule has 2 aliphatic rings. The van der Waals surface area contributed by atoms with Crippen molar-refractivity contribution in [2.75, 3.05) is 32.1 Å². The lowest BCUT2D eigenvalue weighted by Crippen LogP contribution is -2.36. The van der Waals surface area contributed by atoms with Gasteiger partial charge in [-0.25, -0.2) is 0 Å². The number of ether oxygens (including phenoxy) is 1. The van der Waals surface area contributed by atoms with Crippen molar-refractivity contribution in [1.82, 2.24) is 4.90 Å². The molecule has 0 atom stereocenters. The minimum atomic E-state index is 0.682. The van der Waals surface area contributed by atoms with E-state index < -0.39 is 0 Å². The SMILES string of the molecule is CN(Cc1cccc2c1CCCN2)C1CCOCC1. The molecular weight excluding hydrogens is 236 g/mol. The van der Waals surface area contributed by atoms with Gasteiger partial charge in [0, 0.05) is 38.0 Å². The summed E-state index contributed by atoms with van der Waals surface area (Å²) in [5.41, 5.74) is 4.38. The monoisotopic (exact) mass is 260 g/mol. The third kappa shape index (κ3) is 2.93. The van der Waals surface area contributed by atoms with Crippen LogP contribution < -0.4 is 5.32 Å². The minimum absolute atomic E-state index is 0.682. The van der Waals surface area contributed by atoms with Gasteiger partial charge in [0.1, 0.15) is 0 Å². The van der Waals surface area contributed by atoms with Crippen LogP contribution in [-0.2, 0) is 17.7 Å². The maximum absolute atomic E-state index is 5.45. The average molecular weight is 260 g/mol. The molecule has 1 N–H and O–H groups in total. The Morgan fingerprint density at radius 2 is 2.16 bits per heavy atom. The summed E-state index contributed by atoms with van der Waals surface area (Å²) in [4.78, 5) is 2.51. The van der Waals surface area contributed by atoms with Crippen molar-refractivity contribution < 1.29 is 4.74 Å². The molecule has 104 valence electrons. The third-order valence-electron chi connectivity index (χ3n) is 4.43. The Kier molecular flexibility index (Phi) is 4.04. The molecule has 0 unspecified atom stereocenters. The van der Waals surface area contributed by atoms with E-state index in [0.29, 0.717) is 6.04 Å². The predicted octanol–water partition coefficient (Wildman–Crippen LogP) is 2.66. The molecule has 0 spiro atoms. The number of fused-ring (bicyclic) bond motifs is 1. The fraction of sp³-hybridized carbons (Fsp3) is 0.625. The highest BCUT2D eigenvalue weighted by atomic mass is 16.5. The summed E-state index contributed by atoms with van der Waals surface area (Å²) in [6, 6.07) is 7.37. The minimum Gasteiger partial charge on any atom is -0.385 e. The largest absolute Gasteiger partial charge is 0.385 e. The van der Waals surface area contributed by atoms with E-state index in [1.165, 1.54) is 42.5 Å². The molecule has 0 aromatic heterocycles. The highest BCUT2D eigenvalue weighted by Gasteiger charge is 2.20. The van der Waals surface area contributed by atoms with Crippen LogP contribution in [0, 0.1) is 0 Å². The van der Waals surface area contributed by atoms with Crippen LogP contribution in [0.1, 0.15) is 30.4 Å². The number of anilines is 1. The fourth-order valence-corrected chi connectivity index (χ4v) is 3.26. The molecule has 0 radical (unpaired) electrons. The van der Waals surface area contributed by atoms with Crippen LogP contribution in [0.25, 0.3) is 0 Å². The predicted molar refractivity (Wildman–Crippen MR) is 78.6 cm³/mol. The molecule has 19 heavy (non-hydrogen) atoms. The Hall–Kier alpha value is -1.06. The van der Waals surface area contributed by atoms with Crippen LogP contribution >= 0.6 is 0 Å². The molecule has 0 bridgehead atoms. The van der Waals surface area contributed by atoms with Gasteiger partial charge in [-0.05, 0) is 49.9 Å². The smallest absolute Gasteiger partial charge is 0.0480 e. The summed E-state index contributed by atoms with van der Waals surface area (Å²) >= 11 is 0. The van der Waals surface area contributed by atoms with Crippen molar-refractivity contribution in [3.63, 3.8) is 0 Å². The van der Waals surface area contributed by atoms with Gasteiger partial charge in [0.2, 0.25) is 0 Å².